The molecule has 0 aliphatic heterocycles. The first-order valence-electron chi connectivity index (χ1n) is 6.30. The maximum atomic E-state index is 11.8. The molecule has 0 radical (unpaired) electrons. The molecule has 2 rings (SSSR count). The van der Waals surface area contributed by atoms with Crippen LogP contribution in [-0.2, 0) is 6.54 Å². The molecule has 19 heavy (non-hydrogen) atoms. The first kappa shape index (κ1) is 13.9. The van der Waals surface area contributed by atoms with Crippen LogP contribution in [0.5, 0.6) is 5.75 Å². The average Bonchev–Trinajstić information content (AvgIpc) is 2.39. The van der Waals surface area contributed by atoms with Crippen LogP contribution in [0.2, 0.25) is 0 Å². The van der Waals surface area contributed by atoms with E-state index in [4.69, 9.17) is 4.74 Å². The van der Waals surface area contributed by atoms with Gasteiger partial charge in [0.2, 0.25) is 0 Å². The number of benzene rings is 1. The quantitative estimate of drug-likeness (QED) is 0.859. The van der Waals surface area contributed by atoms with Crippen molar-refractivity contribution >= 4 is 15.9 Å². The second-order valence-electron chi connectivity index (χ2n) is 4.07. The van der Waals surface area contributed by atoms with Crippen LogP contribution >= 0.6 is 15.9 Å². The van der Waals surface area contributed by atoms with Gasteiger partial charge in [-0.15, -0.1) is 0 Å². The van der Waals surface area contributed by atoms with Gasteiger partial charge >= 0.3 is 0 Å². The zero-order chi connectivity index (χ0) is 13.8. The van der Waals surface area contributed by atoms with E-state index in [1.54, 1.807) is 16.7 Å². The van der Waals surface area contributed by atoms with Gasteiger partial charge in [0.15, 0.2) is 0 Å². The number of hydrogen-bond donors (Lipinski definition) is 0. The molecule has 0 bridgehead atoms. The van der Waals surface area contributed by atoms with Crippen molar-refractivity contribution in [3.05, 3.63) is 51.2 Å². The van der Waals surface area contributed by atoms with Gasteiger partial charge in [-0.3, -0.25) is 4.79 Å². The second kappa shape index (κ2) is 6.06. The fourth-order valence-corrected chi connectivity index (χ4v) is 2.60. The molecular formula is C15H16BrNO2. The summed E-state index contributed by atoms with van der Waals surface area (Å²) >= 11 is 3.55. The monoisotopic (exact) mass is 321 g/mol. The fraction of sp³-hybridized carbons (Fsp3) is 0.267. The third-order valence-electron chi connectivity index (χ3n) is 2.89. The molecule has 0 spiro atoms. The van der Waals surface area contributed by atoms with Gasteiger partial charge in [-0.25, -0.2) is 0 Å². The minimum Gasteiger partial charge on any atom is -0.494 e. The Balaban J connectivity index is 2.53. The van der Waals surface area contributed by atoms with Gasteiger partial charge in [0, 0.05) is 22.6 Å². The molecule has 1 aromatic carbocycles. The van der Waals surface area contributed by atoms with E-state index in [-0.39, 0.29) is 5.56 Å². The Morgan fingerprint density at radius 3 is 2.63 bits per heavy atom. The van der Waals surface area contributed by atoms with Crippen molar-refractivity contribution in [1.29, 1.82) is 0 Å². The Hall–Kier alpha value is -1.55. The normalized spacial score (nSPS) is 10.5. The molecule has 2 aromatic rings. The van der Waals surface area contributed by atoms with Gasteiger partial charge in [0.25, 0.3) is 5.56 Å². The molecule has 0 N–H and O–H groups in total. The lowest BCUT2D eigenvalue weighted by Crippen LogP contribution is -2.19. The average molecular weight is 322 g/mol. The van der Waals surface area contributed by atoms with E-state index in [1.807, 2.05) is 38.1 Å². The van der Waals surface area contributed by atoms with Gasteiger partial charge in [-0.1, -0.05) is 6.07 Å². The van der Waals surface area contributed by atoms with Crippen LogP contribution in [0.3, 0.4) is 0 Å². The summed E-state index contributed by atoms with van der Waals surface area (Å²) in [5.41, 5.74) is 1.91. The number of pyridine rings is 1. The summed E-state index contributed by atoms with van der Waals surface area (Å²) in [5.74, 6) is 0.819. The van der Waals surface area contributed by atoms with E-state index < -0.39 is 0 Å². The van der Waals surface area contributed by atoms with Gasteiger partial charge in [-0.05, 0) is 54.0 Å². The number of halogens is 1. The maximum absolute atomic E-state index is 11.8. The van der Waals surface area contributed by atoms with E-state index >= 15 is 0 Å². The number of hydrogen-bond acceptors (Lipinski definition) is 2. The summed E-state index contributed by atoms with van der Waals surface area (Å²) in [5, 5.41) is 0. The molecule has 0 saturated heterocycles. The summed E-state index contributed by atoms with van der Waals surface area (Å²) in [6.07, 6.45) is 0. The summed E-state index contributed by atoms with van der Waals surface area (Å²) in [4.78, 5) is 11.8. The highest BCUT2D eigenvalue weighted by Gasteiger charge is 2.09. The third kappa shape index (κ3) is 2.89. The first-order chi connectivity index (χ1) is 9.17. The molecule has 0 saturated carbocycles. The highest BCUT2D eigenvalue weighted by Crippen LogP contribution is 2.30. The van der Waals surface area contributed by atoms with E-state index in [0.717, 1.165) is 21.5 Å². The van der Waals surface area contributed by atoms with Gasteiger partial charge in [0.05, 0.1) is 12.3 Å². The van der Waals surface area contributed by atoms with Crippen molar-refractivity contribution in [1.82, 2.24) is 4.57 Å². The molecule has 0 atom stereocenters. The van der Waals surface area contributed by atoms with Crippen LogP contribution in [0.4, 0.5) is 0 Å². The minimum absolute atomic E-state index is 0.0146. The first-order valence-corrected chi connectivity index (χ1v) is 7.09. The number of rotatable bonds is 4. The lowest BCUT2D eigenvalue weighted by Gasteiger charge is -2.13. The van der Waals surface area contributed by atoms with E-state index in [1.165, 1.54) is 0 Å². The largest absolute Gasteiger partial charge is 0.494 e. The van der Waals surface area contributed by atoms with Gasteiger partial charge in [-0.2, -0.15) is 0 Å². The lowest BCUT2D eigenvalue weighted by atomic mass is 10.1. The molecular weight excluding hydrogens is 306 g/mol. The lowest BCUT2D eigenvalue weighted by molar-refractivity contribution is 0.340. The third-order valence-corrected chi connectivity index (χ3v) is 3.55. The van der Waals surface area contributed by atoms with Crippen LogP contribution < -0.4 is 10.3 Å². The minimum atomic E-state index is 0.0146. The SMILES string of the molecule is CCOc1ccc(-c2cccc(=O)n2CC)c(Br)c1. The Morgan fingerprint density at radius 1 is 1.21 bits per heavy atom. The van der Waals surface area contributed by atoms with Crippen molar-refractivity contribution in [2.45, 2.75) is 20.4 Å². The highest BCUT2D eigenvalue weighted by molar-refractivity contribution is 9.10. The van der Waals surface area contributed by atoms with Gasteiger partial charge < -0.3 is 9.30 Å². The predicted molar refractivity (Wildman–Crippen MR) is 80.7 cm³/mol. The van der Waals surface area contributed by atoms with Crippen molar-refractivity contribution in [2.75, 3.05) is 6.61 Å². The standard InChI is InChI=1S/C15H16BrNO2/c1-3-17-14(6-5-7-15(17)18)12-9-8-11(19-4-2)10-13(12)16/h5-10H,3-4H2,1-2H3. The predicted octanol–water partition coefficient (Wildman–Crippen LogP) is 3.70. The van der Waals surface area contributed by atoms with Crippen LogP contribution in [-0.4, -0.2) is 11.2 Å². The van der Waals surface area contributed by atoms with E-state index in [2.05, 4.69) is 15.9 Å². The summed E-state index contributed by atoms with van der Waals surface area (Å²) < 4.78 is 8.13. The number of ether oxygens (including phenoxy) is 1. The smallest absolute Gasteiger partial charge is 0.250 e. The van der Waals surface area contributed by atoms with Crippen molar-refractivity contribution < 1.29 is 4.74 Å². The van der Waals surface area contributed by atoms with Gasteiger partial charge in [0.1, 0.15) is 5.75 Å². The van der Waals surface area contributed by atoms with Crippen molar-refractivity contribution in [3.8, 4) is 17.0 Å². The molecule has 0 amide bonds. The van der Waals surface area contributed by atoms with E-state index in [9.17, 15) is 4.79 Å². The van der Waals surface area contributed by atoms with Crippen molar-refractivity contribution in [2.24, 2.45) is 0 Å². The number of nitrogens with zero attached hydrogens (tertiary/aromatic N) is 1. The molecule has 1 heterocycles. The topological polar surface area (TPSA) is 31.2 Å². The van der Waals surface area contributed by atoms with Crippen LogP contribution in [0.15, 0.2) is 45.7 Å². The second-order valence-corrected chi connectivity index (χ2v) is 4.92. The Labute approximate surface area is 121 Å². The Morgan fingerprint density at radius 2 is 2.00 bits per heavy atom. The molecule has 0 unspecified atom stereocenters. The molecule has 4 heteroatoms. The zero-order valence-corrected chi connectivity index (χ0v) is 12.6. The summed E-state index contributed by atoms with van der Waals surface area (Å²) in [7, 11) is 0. The Bertz CT molecular complexity index is 634. The molecule has 100 valence electrons. The summed E-state index contributed by atoms with van der Waals surface area (Å²) in [6, 6.07) is 11.1. The van der Waals surface area contributed by atoms with E-state index in [0.29, 0.717) is 13.2 Å². The Kier molecular flexibility index (Phi) is 4.43. The fourth-order valence-electron chi connectivity index (χ4n) is 2.04. The zero-order valence-electron chi connectivity index (χ0n) is 11.0. The van der Waals surface area contributed by atoms with Crippen molar-refractivity contribution in [3.63, 3.8) is 0 Å². The van der Waals surface area contributed by atoms with Crippen LogP contribution in [0.25, 0.3) is 11.3 Å². The maximum Gasteiger partial charge on any atom is 0.250 e. The molecule has 0 aliphatic carbocycles. The molecule has 1 aromatic heterocycles. The molecule has 3 nitrogen and oxygen atoms in total. The highest BCUT2D eigenvalue weighted by atomic mass is 79.9. The number of aromatic nitrogens is 1. The van der Waals surface area contributed by atoms with Crippen LogP contribution in [0.1, 0.15) is 13.8 Å². The van der Waals surface area contributed by atoms with Crippen LogP contribution in [0, 0.1) is 0 Å². The summed E-state index contributed by atoms with van der Waals surface area (Å²) in [6.45, 7) is 5.20. The molecule has 0 aliphatic rings. The molecule has 0 fully saturated rings.